The average molecular weight is 390 g/mol. The standard InChI is InChI=1S/C21H27FN2O4/c1-3-27-20(26)21(9-6-10-24(14-21)13-15(2)25)12-16-11-19(23-28-16)17-7-4-5-8-18(17)22/h4-5,7-8,16H,3,6,9-14H2,1-2H3/t16-,21-/m0/s1. The molecule has 0 aromatic heterocycles. The lowest BCUT2D eigenvalue weighted by molar-refractivity contribution is -0.162. The molecule has 0 N–H and O–H groups in total. The molecule has 0 aliphatic carbocycles. The third-order valence-corrected chi connectivity index (χ3v) is 5.35. The minimum atomic E-state index is -0.741. The van der Waals surface area contributed by atoms with Crippen LogP contribution < -0.4 is 0 Å². The molecule has 0 spiro atoms. The van der Waals surface area contributed by atoms with E-state index in [2.05, 4.69) is 5.16 Å². The monoisotopic (exact) mass is 390 g/mol. The first kappa shape index (κ1) is 20.5. The van der Waals surface area contributed by atoms with Crippen LogP contribution in [-0.2, 0) is 19.2 Å². The molecule has 28 heavy (non-hydrogen) atoms. The fourth-order valence-electron chi connectivity index (χ4n) is 4.21. The number of piperidine rings is 1. The van der Waals surface area contributed by atoms with Crippen LogP contribution in [0.5, 0.6) is 0 Å². The lowest BCUT2D eigenvalue weighted by Crippen LogP contribution is -2.51. The Bertz CT molecular complexity index is 767. The van der Waals surface area contributed by atoms with E-state index in [-0.39, 0.29) is 23.7 Å². The van der Waals surface area contributed by atoms with Gasteiger partial charge in [0.25, 0.3) is 0 Å². The summed E-state index contributed by atoms with van der Waals surface area (Å²) in [5.41, 5.74) is 0.240. The van der Waals surface area contributed by atoms with Crippen molar-refractivity contribution >= 4 is 17.5 Å². The van der Waals surface area contributed by atoms with Crippen molar-refractivity contribution in [2.45, 2.75) is 45.6 Å². The molecule has 2 atom stereocenters. The van der Waals surface area contributed by atoms with E-state index in [1.165, 1.54) is 6.07 Å². The smallest absolute Gasteiger partial charge is 0.313 e. The Morgan fingerprint density at radius 1 is 1.39 bits per heavy atom. The Labute approximate surface area is 164 Å². The molecule has 2 heterocycles. The summed E-state index contributed by atoms with van der Waals surface area (Å²) in [5.74, 6) is -0.524. The van der Waals surface area contributed by atoms with E-state index in [1.807, 2.05) is 4.90 Å². The number of likely N-dealkylation sites (tertiary alicyclic amines) is 1. The van der Waals surface area contributed by atoms with Crippen molar-refractivity contribution in [1.82, 2.24) is 4.90 Å². The minimum absolute atomic E-state index is 0.0712. The lowest BCUT2D eigenvalue weighted by Gasteiger charge is -2.41. The van der Waals surface area contributed by atoms with Gasteiger partial charge in [-0.2, -0.15) is 0 Å². The van der Waals surface area contributed by atoms with E-state index >= 15 is 0 Å². The maximum absolute atomic E-state index is 14.1. The van der Waals surface area contributed by atoms with Crippen LogP contribution in [0.4, 0.5) is 4.39 Å². The molecule has 0 radical (unpaired) electrons. The summed E-state index contributed by atoms with van der Waals surface area (Å²) in [5, 5.41) is 4.07. The number of Topliss-reactive ketones (excluding diaryl/α,β-unsaturated/α-hetero) is 1. The van der Waals surface area contributed by atoms with Gasteiger partial charge in [0.05, 0.1) is 24.3 Å². The minimum Gasteiger partial charge on any atom is -0.466 e. The highest BCUT2D eigenvalue weighted by molar-refractivity contribution is 6.01. The lowest BCUT2D eigenvalue weighted by atomic mass is 9.74. The molecule has 2 aliphatic heterocycles. The zero-order valence-electron chi connectivity index (χ0n) is 16.4. The van der Waals surface area contributed by atoms with Crippen LogP contribution in [0.3, 0.4) is 0 Å². The van der Waals surface area contributed by atoms with Gasteiger partial charge in [0.1, 0.15) is 17.7 Å². The molecule has 1 fully saturated rings. The quantitative estimate of drug-likeness (QED) is 0.670. The van der Waals surface area contributed by atoms with Gasteiger partial charge in [0, 0.05) is 24.9 Å². The van der Waals surface area contributed by atoms with Crippen LogP contribution in [0, 0.1) is 11.2 Å². The van der Waals surface area contributed by atoms with Gasteiger partial charge < -0.3 is 9.57 Å². The fourth-order valence-corrected chi connectivity index (χ4v) is 4.21. The first-order valence-corrected chi connectivity index (χ1v) is 9.80. The predicted molar refractivity (Wildman–Crippen MR) is 102 cm³/mol. The summed E-state index contributed by atoms with van der Waals surface area (Å²) in [4.78, 5) is 32.0. The first-order chi connectivity index (χ1) is 13.4. The summed E-state index contributed by atoms with van der Waals surface area (Å²) in [6.45, 7) is 5.20. The summed E-state index contributed by atoms with van der Waals surface area (Å²) in [6, 6.07) is 6.46. The summed E-state index contributed by atoms with van der Waals surface area (Å²) in [6.07, 6.45) is 2.03. The first-order valence-electron chi connectivity index (χ1n) is 9.80. The number of hydrogen-bond acceptors (Lipinski definition) is 6. The van der Waals surface area contributed by atoms with Crippen molar-refractivity contribution in [3.63, 3.8) is 0 Å². The summed E-state index contributed by atoms with van der Waals surface area (Å²) >= 11 is 0. The molecule has 0 amide bonds. The third-order valence-electron chi connectivity index (χ3n) is 5.35. The van der Waals surface area contributed by atoms with Gasteiger partial charge in [-0.1, -0.05) is 23.4 Å². The molecule has 1 saturated heterocycles. The highest BCUT2D eigenvalue weighted by Gasteiger charge is 2.46. The summed E-state index contributed by atoms with van der Waals surface area (Å²) in [7, 11) is 0. The van der Waals surface area contributed by atoms with Crippen LogP contribution in [0.15, 0.2) is 29.4 Å². The van der Waals surface area contributed by atoms with Gasteiger partial charge >= 0.3 is 5.97 Å². The number of ketones is 1. The van der Waals surface area contributed by atoms with Crippen molar-refractivity contribution < 1.29 is 23.6 Å². The molecule has 0 saturated carbocycles. The second kappa shape index (κ2) is 8.82. The molecule has 1 aromatic carbocycles. The Morgan fingerprint density at radius 2 is 2.18 bits per heavy atom. The maximum Gasteiger partial charge on any atom is 0.313 e. The largest absolute Gasteiger partial charge is 0.466 e. The number of halogens is 1. The van der Waals surface area contributed by atoms with Crippen molar-refractivity contribution in [3.8, 4) is 0 Å². The number of rotatable bonds is 7. The second-order valence-electron chi connectivity index (χ2n) is 7.67. The van der Waals surface area contributed by atoms with E-state index in [1.54, 1.807) is 32.0 Å². The van der Waals surface area contributed by atoms with Gasteiger partial charge in [0.2, 0.25) is 0 Å². The number of nitrogens with zero attached hydrogens (tertiary/aromatic N) is 2. The fraction of sp³-hybridized carbons (Fsp3) is 0.571. The topological polar surface area (TPSA) is 68.2 Å². The highest BCUT2D eigenvalue weighted by Crippen LogP contribution is 2.39. The highest BCUT2D eigenvalue weighted by atomic mass is 19.1. The van der Waals surface area contributed by atoms with Crippen LogP contribution in [-0.4, -0.2) is 54.7 Å². The molecular formula is C21H27FN2O4. The molecular weight excluding hydrogens is 363 g/mol. The molecule has 6 nitrogen and oxygen atoms in total. The number of carbonyl (C=O) groups is 2. The zero-order chi connectivity index (χ0) is 20.1. The van der Waals surface area contributed by atoms with E-state index in [0.717, 1.165) is 13.0 Å². The number of ether oxygens (including phenoxy) is 1. The molecule has 0 bridgehead atoms. The van der Waals surface area contributed by atoms with Crippen molar-refractivity contribution in [2.24, 2.45) is 10.6 Å². The Hall–Kier alpha value is -2.28. The van der Waals surface area contributed by atoms with Crippen LogP contribution >= 0.6 is 0 Å². The van der Waals surface area contributed by atoms with Gasteiger partial charge in [-0.05, 0) is 39.3 Å². The number of esters is 1. The zero-order valence-corrected chi connectivity index (χ0v) is 16.4. The number of carbonyl (C=O) groups excluding carboxylic acids is 2. The molecule has 2 aliphatic rings. The maximum atomic E-state index is 14.1. The molecule has 0 unspecified atom stereocenters. The molecule has 1 aromatic rings. The van der Waals surface area contributed by atoms with Crippen LogP contribution in [0.25, 0.3) is 0 Å². The van der Waals surface area contributed by atoms with E-state index < -0.39 is 5.41 Å². The molecule has 7 heteroatoms. The molecule has 3 rings (SSSR count). The average Bonchev–Trinajstić information content (AvgIpc) is 3.10. The van der Waals surface area contributed by atoms with Gasteiger partial charge in [-0.25, -0.2) is 4.39 Å². The Kier molecular flexibility index (Phi) is 6.44. The third kappa shape index (κ3) is 4.58. The Morgan fingerprint density at radius 3 is 2.89 bits per heavy atom. The van der Waals surface area contributed by atoms with E-state index in [0.29, 0.717) is 50.2 Å². The number of hydrogen-bond donors (Lipinski definition) is 0. The van der Waals surface area contributed by atoms with Crippen molar-refractivity contribution in [1.29, 1.82) is 0 Å². The number of benzene rings is 1. The number of oxime groups is 1. The predicted octanol–water partition coefficient (Wildman–Crippen LogP) is 2.94. The van der Waals surface area contributed by atoms with Gasteiger partial charge in [0.15, 0.2) is 0 Å². The normalized spacial score (nSPS) is 25.1. The van der Waals surface area contributed by atoms with Crippen molar-refractivity contribution in [2.75, 3.05) is 26.2 Å². The van der Waals surface area contributed by atoms with Crippen LogP contribution in [0.2, 0.25) is 0 Å². The second-order valence-corrected chi connectivity index (χ2v) is 7.67. The molecule has 152 valence electrons. The van der Waals surface area contributed by atoms with E-state index in [4.69, 9.17) is 9.57 Å². The van der Waals surface area contributed by atoms with Crippen molar-refractivity contribution in [3.05, 3.63) is 35.6 Å². The SMILES string of the molecule is CCOC(=O)[C@]1(C[C@@H]2CC(c3ccccc3F)=NO2)CCCN(CC(C)=O)C1. The van der Waals surface area contributed by atoms with Gasteiger partial charge in [-0.15, -0.1) is 0 Å². The van der Waals surface area contributed by atoms with Gasteiger partial charge in [-0.3, -0.25) is 14.5 Å². The van der Waals surface area contributed by atoms with Crippen LogP contribution in [0.1, 0.15) is 45.1 Å². The summed E-state index contributed by atoms with van der Waals surface area (Å²) < 4.78 is 19.4. The Balaban J connectivity index is 1.73. The van der Waals surface area contributed by atoms with E-state index in [9.17, 15) is 14.0 Å².